The number of hydrogen-bond donors (Lipinski definition) is 1. The summed E-state index contributed by atoms with van der Waals surface area (Å²) in [5.41, 5.74) is 9.32. The Labute approximate surface area is 246 Å². The largest absolute Gasteiger partial charge is 0.456 e. The molecule has 1 spiro atoms. The van der Waals surface area contributed by atoms with Crippen LogP contribution in [0, 0.1) is 20.8 Å². The van der Waals surface area contributed by atoms with Gasteiger partial charge in [-0.25, -0.2) is 4.79 Å². The van der Waals surface area contributed by atoms with Crippen LogP contribution in [0.1, 0.15) is 50.7 Å². The predicted octanol–water partition coefficient (Wildman–Crippen LogP) is 9.08. The van der Waals surface area contributed by atoms with Gasteiger partial charge in [0.25, 0.3) is 0 Å². The van der Waals surface area contributed by atoms with Gasteiger partial charge in [0.05, 0.1) is 5.56 Å². The maximum absolute atomic E-state index is 13.4. The number of anilines is 4. The van der Waals surface area contributed by atoms with E-state index in [1.807, 2.05) is 48.5 Å². The van der Waals surface area contributed by atoms with E-state index in [9.17, 15) is 4.79 Å². The summed E-state index contributed by atoms with van der Waals surface area (Å²) in [6.07, 6.45) is 0. The summed E-state index contributed by atoms with van der Waals surface area (Å²) in [4.78, 5) is 15.6. The number of nitrogens with one attached hydrogen (secondary N) is 1. The molecule has 5 nitrogen and oxygen atoms in total. The van der Waals surface area contributed by atoms with Crippen molar-refractivity contribution in [3.8, 4) is 11.5 Å². The number of nitrogens with zero attached hydrogens (tertiary/aromatic N) is 1. The van der Waals surface area contributed by atoms with Gasteiger partial charge in [0, 0.05) is 52.1 Å². The molecule has 0 aliphatic carbocycles. The van der Waals surface area contributed by atoms with Crippen LogP contribution < -0.4 is 15.0 Å². The molecular weight excluding hydrogens is 520 g/mol. The van der Waals surface area contributed by atoms with Crippen LogP contribution in [0.4, 0.5) is 22.7 Å². The SMILES string of the molecule is CCN(c1ccc(C)cc1)c1ccc2c(c1)Oc1cc(C)c(Nc3cccc(C)c3)cc1C21OC(=O)c2ccccc21. The first-order chi connectivity index (χ1) is 20.4. The van der Waals surface area contributed by atoms with Crippen molar-refractivity contribution in [1.29, 1.82) is 0 Å². The lowest BCUT2D eigenvalue weighted by atomic mass is 9.77. The lowest BCUT2D eigenvalue weighted by Gasteiger charge is -2.38. The fourth-order valence-electron chi connectivity index (χ4n) is 6.23. The standard InChI is InChI=1S/C37H32N2O3/c1-5-39(27-15-13-23(2)14-16-27)28-17-18-31-35(21-28)41-34-20-25(4)33(38-26-10-8-9-24(3)19-26)22-32(34)37(31)30-12-7-6-11-29(30)36(40)42-37/h6-22,38H,5H2,1-4H3. The summed E-state index contributed by atoms with van der Waals surface area (Å²) < 4.78 is 13.1. The maximum atomic E-state index is 13.4. The highest BCUT2D eigenvalue weighted by Gasteiger charge is 2.53. The van der Waals surface area contributed by atoms with E-state index in [0.717, 1.165) is 51.5 Å². The van der Waals surface area contributed by atoms with E-state index in [1.165, 1.54) is 11.1 Å². The molecule has 5 aromatic rings. The molecule has 5 aromatic carbocycles. The van der Waals surface area contributed by atoms with E-state index >= 15 is 0 Å². The van der Waals surface area contributed by atoms with Crippen molar-refractivity contribution in [2.45, 2.75) is 33.3 Å². The number of benzene rings is 5. The second-order valence-electron chi connectivity index (χ2n) is 11.1. The monoisotopic (exact) mass is 552 g/mol. The molecule has 0 fully saturated rings. The smallest absolute Gasteiger partial charge is 0.340 e. The Morgan fingerprint density at radius 3 is 2.26 bits per heavy atom. The average molecular weight is 553 g/mol. The highest BCUT2D eigenvalue weighted by atomic mass is 16.6. The molecular formula is C37H32N2O3. The Morgan fingerprint density at radius 2 is 1.48 bits per heavy atom. The molecule has 7 rings (SSSR count). The van der Waals surface area contributed by atoms with Crippen LogP contribution in [0.3, 0.4) is 0 Å². The molecule has 1 unspecified atom stereocenters. The van der Waals surface area contributed by atoms with E-state index in [4.69, 9.17) is 9.47 Å². The third-order valence-corrected chi connectivity index (χ3v) is 8.31. The summed E-state index contributed by atoms with van der Waals surface area (Å²) >= 11 is 0. The van der Waals surface area contributed by atoms with Gasteiger partial charge in [0.2, 0.25) is 0 Å². The zero-order valence-corrected chi connectivity index (χ0v) is 24.2. The van der Waals surface area contributed by atoms with E-state index in [0.29, 0.717) is 17.1 Å². The van der Waals surface area contributed by atoms with Gasteiger partial charge in [-0.15, -0.1) is 0 Å². The second kappa shape index (κ2) is 9.81. The van der Waals surface area contributed by atoms with Crippen molar-refractivity contribution in [2.75, 3.05) is 16.8 Å². The molecule has 5 heteroatoms. The van der Waals surface area contributed by atoms with Gasteiger partial charge in [-0.05, 0) is 93.4 Å². The minimum Gasteiger partial charge on any atom is -0.456 e. The zero-order chi connectivity index (χ0) is 29.0. The van der Waals surface area contributed by atoms with Crippen LogP contribution in [-0.2, 0) is 10.3 Å². The van der Waals surface area contributed by atoms with E-state index in [-0.39, 0.29) is 5.97 Å². The highest BCUT2D eigenvalue weighted by Crippen LogP contribution is 2.57. The molecule has 1 atom stereocenters. The third-order valence-electron chi connectivity index (χ3n) is 8.31. The van der Waals surface area contributed by atoms with Crippen molar-refractivity contribution in [3.63, 3.8) is 0 Å². The van der Waals surface area contributed by atoms with Crippen molar-refractivity contribution in [2.24, 2.45) is 0 Å². The van der Waals surface area contributed by atoms with Crippen molar-refractivity contribution < 1.29 is 14.3 Å². The number of carbonyl (C=O) groups is 1. The van der Waals surface area contributed by atoms with Crippen LogP contribution in [0.2, 0.25) is 0 Å². The van der Waals surface area contributed by atoms with Crippen molar-refractivity contribution >= 4 is 28.7 Å². The Bertz CT molecular complexity index is 1860. The highest BCUT2D eigenvalue weighted by molar-refractivity contribution is 5.97. The van der Waals surface area contributed by atoms with Crippen LogP contribution in [0.5, 0.6) is 11.5 Å². The second-order valence-corrected chi connectivity index (χ2v) is 11.1. The Kier molecular flexibility index (Phi) is 6.05. The van der Waals surface area contributed by atoms with Gasteiger partial charge >= 0.3 is 5.97 Å². The summed E-state index contributed by atoms with van der Waals surface area (Å²) in [6, 6.07) is 34.8. The number of fused-ring (bicyclic) bond motifs is 6. The molecule has 0 radical (unpaired) electrons. The minimum absolute atomic E-state index is 0.336. The Morgan fingerprint density at radius 1 is 0.714 bits per heavy atom. The van der Waals surface area contributed by atoms with Crippen LogP contribution in [0.15, 0.2) is 103 Å². The van der Waals surface area contributed by atoms with Crippen molar-refractivity contribution in [1.82, 2.24) is 0 Å². The third kappa shape index (κ3) is 4.04. The summed E-state index contributed by atoms with van der Waals surface area (Å²) in [5, 5.41) is 3.58. The number of hydrogen-bond acceptors (Lipinski definition) is 5. The lowest BCUT2D eigenvalue weighted by Crippen LogP contribution is -2.33. The molecule has 1 N–H and O–H groups in total. The molecule has 0 aromatic heterocycles. The number of rotatable bonds is 5. The van der Waals surface area contributed by atoms with Gasteiger partial charge < -0.3 is 19.7 Å². The molecule has 42 heavy (non-hydrogen) atoms. The molecule has 2 aliphatic rings. The topological polar surface area (TPSA) is 50.8 Å². The maximum Gasteiger partial charge on any atom is 0.340 e. The fourth-order valence-corrected chi connectivity index (χ4v) is 6.23. The van der Waals surface area contributed by atoms with E-state index < -0.39 is 5.60 Å². The Hall–Kier alpha value is -5.03. The minimum atomic E-state index is -1.13. The molecule has 2 aliphatic heterocycles. The number of carbonyl (C=O) groups excluding carboxylic acids is 1. The van der Waals surface area contributed by atoms with E-state index in [1.54, 1.807) is 0 Å². The van der Waals surface area contributed by atoms with E-state index in [2.05, 4.69) is 92.5 Å². The number of ether oxygens (including phenoxy) is 2. The molecule has 208 valence electrons. The summed E-state index contributed by atoms with van der Waals surface area (Å²) in [6.45, 7) is 9.15. The first kappa shape index (κ1) is 25.9. The van der Waals surface area contributed by atoms with Gasteiger partial charge in [0.15, 0.2) is 5.60 Å². The average Bonchev–Trinajstić information content (AvgIpc) is 3.28. The first-order valence-corrected chi connectivity index (χ1v) is 14.4. The fraction of sp³-hybridized carbons (Fsp3) is 0.162. The van der Waals surface area contributed by atoms with Gasteiger partial charge in [-0.2, -0.15) is 0 Å². The molecule has 0 saturated heterocycles. The lowest BCUT2D eigenvalue weighted by molar-refractivity contribution is 0.0224. The molecule has 0 bridgehead atoms. The van der Waals surface area contributed by atoms with Gasteiger partial charge in [0.1, 0.15) is 11.5 Å². The van der Waals surface area contributed by atoms with Gasteiger partial charge in [-0.3, -0.25) is 0 Å². The first-order valence-electron chi connectivity index (χ1n) is 14.4. The molecule has 2 heterocycles. The van der Waals surface area contributed by atoms with Gasteiger partial charge in [-0.1, -0.05) is 48.0 Å². The van der Waals surface area contributed by atoms with Crippen molar-refractivity contribution in [3.05, 3.63) is 142 Å². The van der Waals surface area contributed by atoms with Crippen LogP contribution in [0.25, 0.3) is 0 Å². The molecule has 0 saturated carbocycles. The van der Waals surface area contributed by atoms with Crippen LogP contribution in [-0.4, -0.2) is 12.5 Å². The van der Waals surface area contributed by atoms with Crippen LogP contribution >= 0.6 is 0 Å². The predicted molar refractivity (Wildman–Crippen MR) is 168 cm³/mol. The summed E-state index contributed by atoms with van der Waals surface area (Å²) in [7, 11) is 0. The zero-order valence-electron chi connectivity index (χ0n) is 24.2. The molecule has 0 amide bonds. The normalized spacial score (nSPS) is 16.2. The Balaban J connectivity index is 1.41. The number of esters is 1. The summed E-state index contributed by atoms with van der Waals surface area (Å²) in [5.74, 6) is 1.01. The number of aryl methyl sites for hydroxylation is 3. The quantitative estimate of drug-likeness (QED) is 0.220.